The summed E-state index contributed by atoms with van der Waals surface area (Å²) < 4.78 is 27.3. The zero-order valence-corrected chi connectivity index (χ0v) is 15.8. The molecule has 0 aromatic heterocycles. The van der Waals surface area contributed by atoms with Gasteiger partial charge in [-0.15, -0.1) is 0 Å². The normalized spacial score (nSPS) is 18.3. The van der Waals surface area contributed by atoms with Gasteiger partial charge in [-0.25, -0.2) is 8.42 Å². The van der Waals surface area contributed by atoms with Crippen molar-refractivity contribution in [3.8, 4) is 0 Å². The number of hydrogen-bond acceptors (Lipinski definition) is 4. The minimum absolute atomic E-state index is 0.0487. The van der Waals surface area contributed by atoms with Crippen molar-refractivity contribution < 1.29 is 18.0 Å². The molecule has 0 saturated carbocycles. The van der Waals surface area contributed by atoms with Crippen LogP contribution in [0.3, 0.4) is 0 Å². The van der Waals surface area contributed by atoms with Gasteiger partial charge in [-0.3, -0.25) is 9.59 Å². The van der Waals surface area contributed by atoms with Gasteiger partial charge in [-0.1, -0.05) is 6.07 Å². The highest BCUT2D eigenvalue weighted by molar-refractivity contribution is 7.89. The van der Waals surface area contributed by atoms with Crippen LogP contribution in [0.4, 0.5) is 0 Å². The van der Waals surface area contributed by atoms with Crippen LogP contribution in [0.2, 0.25) is 0 Å². The minimum Gasteiger partial charge on any atom is -0.347 e. The fourth-order valence-electron chi connectivity index (χ4n) is 3.51. The Morgan fingerprint density at radius 2 is 1.69 bits per heavy atom. The number of nitrogens with zero attached hydrogens (tertiary/aromatic N) is 2. The fraction of sp³-hybridized carbons (Fsp3) is 0.556. The highest BCUT2D eigenvalue weighted by Gasteiger charge is 2.30. The van der Waals surface area contributed by atoms with E-state index < -0.39 is 10.0 Å². The summed E-state index contributed by atoms with van der Waals surface area (Å²) in [7, 11) is -3.54. The van der Waals surface area contributed by atoms with E-state index in [1.54, 1.807) is 11.0 Å². The summed E-state index contributed by atoms with van der Waals surface area (Å²) in [6.45, 7) is 2.52. The minimum atomic E-state index is -3.54. The third kappa shape index (κ3) is 4.07. The number of carbonyl (C=O) groups is 2. The van der Waals surface area contributed by atoms with Crippen LogP contribution in [-0.2, 0) is 32.5 Å². The Morgan fingerprint density at radius 1 is 1.04 bits per heavy atom. The van der Waals surface area contributed by atoms with Gasteiger partial charge in [0.1, 0.15) is 0 Å². The molecule has 0 unspecified atom stereocenters. The molecule has 1 N–H and O–H groups in total. The Kier molecular flexibility index (Phi) is 5.62. The van der Waals surface area contributed by atoms with Gasteiger partial charge in [0.05, 0.1) is 11.4 Å². The van der Waals surface area contributed by atoms with E-state index in [9.17, 15) is 18.0 Å². The lowest BCUT2D eigenvalue weighted by Crippen LogP contribution is -2.52. The SMILES string of the molecule is CC(=O)NCC(=O)N1CCN(S(=O)(=O)c2ccc3c(c2)CCCC3)CC1. The molecule has 1 fully saturated rings. The number of aryl methyl sites for hydroxylation is 2. The Hall–Kier alpha value is -1.93. The molecule has 1 aliphatic carbocycles. The molecule has 7 nitrogen and oxygen atoms in total. The highest BCUT2D eigenvalue weighted by Crippen LogP contribution is 2.26. The number of hydrogen-bond donors (Lipinski definition) is 1. The number of nitrogens with one attached hydrogen (secondary N) is 1. The second kappa shape index (κ2) is 7.75. The second-order valence-electron chi connectivity index (χ2n) is 6.83. The molecule has 1 aromatic rings. The number of carbonyl (C=O) groups excluding carboxylic acids is 2. The molecule has 1 saturated heterocycles. The molecule has 1 aliphatic heterocycles. The van der Waals surface area contributed by atoms with Crippen LogP contribution in [0.15, 0.2) is 23.1 Å². The van der Waals surface area contributed by atoms with Crippen molar-refractivity contribution in [3.63, 3.8) is 0 Å². The van der Waals surface area contributed by atoms with Crippen molar-refractivity contribution in [1.29, 1.82) is 0 Å². The third-order valence-electron chi connectivity index (χ3n) is 5.04. The van der Waals surface area contributed by atoms with Gasteiger partial charge in [-0.2, -0.15) is 4.31 Å². The summed E-state index contributed by atoms with van der Waals surface area (Å²) in [5.41, 5.74) is 2.39. The van der Waals surface area contributed by atoms with Crippen LogP contribution >= 0.6 is 0 Å². The predicted octanol–water partition coefficient (Wildman–Crippen LogP) is 0.534. The molecule has 0 radical (unpaired) electrons. The number of sulfonamides is 1. The van der Waals surface area contributed by atoms with Crippen molar-refractivity contribution in [3.05, 3.63) is 29.3 Å². The summed E-state index contributed by atoms with van der Waals surface area (Å²) in [4.78, 5) is 24.9. The quantitative estimate of drug-likeness (QED) is 0.827. The smallest absolute Gasteiger partial charge is 0.243 e. The molecule has 142 valence electrons. The van der Waals surface area contributed by atoms with E-state index in [1.165, 1.54) is 16.8 Å². The van der Waals surface area contributed by atoms with Crippen molar-refractivity contribution in [2.75, 3.05) is 32.7 Å². The summed E-state index contributed by atoms with van der Waals surface area (Å²) in [6.07, 6.45) is 4.22. The highest BCUT2D eigenvalue weighted by atomic mass is 32.2. The molecule has 0 spiro atoms. The zero-order chi connectivity index (χ0) is 18.7. The summed E-state index contributed by atoms with van der Waals surface area (Å²) in [5.74, 6) is -0.446. The third-order valence-corrected chi connectivity index (χ3v) is 6.93. The van der Waals surface area contributed by atoms with Gasteiger partial charge in [-0.05, 0) is 48.9 Å². The van der Waals surface area contributed by atoms with Crippen molar-refractivity contribution >= 4 is 21.8 Å². The van der Waals surface area contributed by atoms with E-state index in [0.29, 0.717) is 18.0 Å². The molecule has 8 heteroatoms. The van der Waals surface area contributed by atoms with Crippen LogP contribution in [0, 0.1) is 0 Å². The predicted molar refractivity (Wildman–Crippen MR) is 97.1 cm³/mol. The van der Waals surface area contributed by atoms with Crippen molar-refractivity contribution in [2.45, 2.75) is 37.5 Å². The fourth-order valence-corrected chi connectivity index (χ4v) is 4.98. The standard InChI is InChI=1S/C18H25N3O4S/c1-14(22)19-13-18(23)20-8-10-21(11-9-20)26(24,25)17-7-6-15-4-2-3-5-16(15)12-17/h6-7,12H,2-5,8-11,13H2,1H3,(H,19,22). The molecule has 26 heavy (non-hydrogen) atoms. The molecular formula is C18H25N3O4S. The number of amides is 2. The molecule has 2 amide bonds. The number of benzene rings is 1. The zero-order valence-electron chi connectivity index (χ0n) is 15.0. The molecule has 3 rings (SSSR count). The molecular weight excluding hydrogens is 354 g/mol. The number of piperazine rings is 1. The Bertz CT molecular complexity index is 799. The lowest BCUT2D eigenvalue weighted by atomic mass is 9.92. The molecule has 2 aliphatic rings. The van der Waals surface area contributed by atoms with Crippen LogP contribution < -0.4 is 5.32 Å². The van der Waals surface area contributed by atoms with Gasteiger partial charge in [0.15, 0.2) is 0 Å². The lowest BCUT2D eigenvalue weighted by molar-refractivity contribution is -0.133. The first-order valence-corrected chi connectivity index (χ1v) is 10.5. The maximum absolute atomic E-state index is 12.9. The first-order chi connectivity index (χ1) is 12.4. The summed E-state index contributed by atoms with van der Waals surface area (Å²) in [6, 6.07) is 5.46. The summed E-state index contributed by atoms with van der Waals surface area (Å²) >= 11 is 0. The first kappa shape index (κ1) is 18.8. The largest absolute Gasteiger partial charge is 0.347 e. The van der Waals surface area contributed by atoms with Gasteiger partial charge < -0.3 is 10.2 Å². The molecule has 1 aromatic carbocycles. The number of fused-ring (bicyclic) bond motifs is 1. The van der Waals surface area contributed by atoms with Crippen molar-refractivity contribution in [1.82, 2.24) is 14.5 Å². The van der Waals surface area contributed by atoms with Gasteiger partial charge >= 0.3 is 0 Å². The van der Waals surface area contributed by atoms with E-state index in [1.807, 2.05) is 12.1 Å². The molecule has 0 atom stereocenters. The van der Waals surface area contributed by atoms with E-state index in [4.69, 9.17) is 0 Å². The topological polar surface area (TPSA) is 86.8 Å². The Labute approximate surface area is 154 Å². The van der Waals surface area contributed by atoms with Gasteiger partial charge in [0.2, 0.25) is 21.8 Å². The van der Waals surface area contributed by atoms with E-state index in [2.05, 4.69) is 5.32 Å². The van der Waals surface area contributed by atoms with Crippen LogP contribution in [0.5, 0.6) is 0 Å². The van der Waals surface area contributed by atoms with Crippen molar-refractivity contribution in [2.24, 2.45) is 0 Å². The number of rotatable bonds is 4. The van der Waals surface area contributed by atoms with Crippen LogP contribution in [-0.4, -0.2) is 62.2 Å². The Balaban J connectivity index is 1.65. The average molecular weight is 379 g/mol. The van der Waals surface area contributed by atoms with E-state index >= 15 is 0 Å². The first-order valence-electron chi connectivity index (χ1n) is 9.02. The average Bonchev–Trinajstić information content (AvgIpc) is 2.65. The van der Waals surface area contributed by atoms with Gasteiger partial charge in [0.25, 0.3) is 0 Å². The van der Waals surface area contributed by atoms with Crippen LogP contribution in [0.1, 0.15) is 30.9 Å². The maximum Gasteiger partial charge on any atom is 0.243 e. The van der Waals surface area contributed by atoms with E-state index in [0.717, 1.165) is 31.2 Å². The van der Waals surface area contributed by atoms with Crippen LogP contribution in [0.25, 0.3) is 0 Å². The monoisotopic (exact) mass is 379 g/mol. The summed E-state index contributed by atoms with van der Waals surface area (Å²) in [5, 5.41) is 2.48. The Morgan fingerprint density at radius 3 is 2.35 bits per heavy atom. The molecule has 1 heterocycles. The lowest BCUT2D eigenvalue weighted by Gasteiger charge is -2.34. The molecule has 0 bridgehead atoms. The van der Waals surface area contributed by atoms with Gasteiger partial charge in [0, 0.05) is 33.1 Å². The maximum atomic E-state index is 12.9. The van der Waals surface area contributed by atoms with E-state index in [-0.39, 0.29) is 31.4 Å². The second-order valence-corrected chi connectivity index (χ2v) is 8.77.